The van der Waals surface area contributed by atoms with Gasteiger partial charge in [0, 0.05) is 11.6 Å². The van der Waals surface area contributed by atoms with E-state index < -0.39 is 22.6 Å². The Labute approximate surface area is 72.1 Å². The first kappa shape index (κ1) is 9.37. The molecule has 0 amide bonds. The minimum absolute atomic E-state index is 0.116. The Hall–Kier alpha value is -1.72. The summed E-state index contributed by atoms with van der Waals surface area (Å²) in [7, 11) is 0. The number of hydrogen-bond donors (Lipinski definition) is 1. The van der Waals surface area contributed by atoms with Gasteiger partial charge < -0.3 is 5.73 Å². The molecule has 1 aromatic rings. The maximum absolute atomic E-state index is 12.1. The molecule has 0 aliphatic heterocycles. The Morgan fingerprint density at radius 1 is 1.46 bits per heavy atom. The summed E-state index contributed by atoms with van der Waals surface area (Å²) in [6, 6.07) is 2.94. The number of nitro benzene ring substituents is 1. The molecule has 0 unspecified atom stereocenters. The minimum atomic E-state index is -2.72. The third kappa shape index (κ3) is 1.90. The minimum Gasteiger partial charge on any atom is -0.393 e. The number of hydrogen-bond acceptors (Lipinski definition) is 3. The molecule has 0 atom stereocenters. The van der Waals surface area contributed by atoms with Gasteiger partial charge >= 0.3 is 0 Å². The summed E-state index contributed by atoms with van der Waals surface area (Å²) in [5, 5.41) is 10.3. The molecule has 0 radical (unpaired) electrons. The van der Waals surface area contributed by atoms with E-state index >= 15 is 0 Å². The van der Waals surface area contributed by atoms with Crippen LogP contribution in [-0.4, -0.2) is 4.92 Å². The van der Waals surface area contributed by atoms with Crippen LogP contribution in [0.4, 0.5) is 20.2 Å². The fourth-order valence-corrected chi connectivity index (χ4v) is 0.855. The second kappa shape index (κ2) is 3.34. The van der Waals surface area contributed by atoms with E-state index in [4.69, 9.17) is 5.73 Å². The van der Waals surface area contributed by atoms with Crippen molar-refractivity contribution in [1.29, 1.82) is 0 Å². The Balaban J connectivity index is 3.19. The van der Waals surface area contributed by atoms with Gasteiger partial charge in [0.25, 0.3) is 12.1 Å². The summed E-state index contributed by atoms with van der Waals surface area (Å²) in [4.78, 5) is 9.49. The summed E-state index contributed by atoms with van der Waals surface area (Å²) in [6.45, 7) is 0. The van der Waals surface area contributed by atoms with Crippen molar-refractivity contribution in [2.45, 2.75) is 6.43 Å². The molecule has 1 aromatic carbocycles. The Morgan fingerprint density at radius 3 is 2.54 bits per heavy atom. The van der Waals surface area contributed by atoms with Gasteiger partial charge in [0.2, 0.25) is 0 Å². The molecule has 0 saturated carbocycles. The molecule has 70 valence electrons. The lowest BCUT2D eigenvalue weighted by Gasteiger charge is -2.00. The highest BCUT2D eigenvalue weighted by atomic mass is 19.3. The number of nitrogens with zero attached hydrogens (tertiary/aromatic N) is 1. The third-order valence-electron chi connectivity index (χ3n) is 1.50. The number of alkyl halides is 2. The van der Waals surface area contributed by atoms with Crippen molar-refractivity contribution in [2.24, 2.45) is 0 Å². The van der Waals surface area contributed by atoms with E-state index in [1.54, 1.807) is 0 Å². The number of nitrogens with two attached hydrogens (primary N) is 1. The Morgan fingerprint density at radius 2 is 2.08 bits per heavy atom. The van der Waals surface area contributed by atoms with Crippen molar-refractivity contribution in [2.75, 3.05) is 5.73 Å². The number of benzene rings is 1. The maximum Gasteiger partial charge on any atom is 0.292 e. The molecule has 2 N–H and O–H groups in total. The third-order valence-corrected chi connectivity index (χ3v) is 1.50. The maximum atomic E-state index is 12.1. The van der Waals surface area contributed by atoms with Crippen LogP contribution in [0.2, 0.25) is 0 Å². The predicted octanol–water partition coefficient (Wildman–Crippen LogP) is 2.11. The topological polar surface area (TPSA) is 69.2 Å². The van der Waals surface area contributed by atoms with Crippen LogP contribution in [0.1, 0.15) is 12.0 Å². The van der Waals surface area contributed by atoms with E-state index in [9.17, 15) is 18.9 Å². The lowest BCUT2D eigenvalue weighted by atomic mass is 10.2. The standard InChI is InChI=1S/C7H6F2N2O2/c8-7(9)4-1-2-5(10)6(3-4)11(12)13/h1-3,7H,10H2. The van der Waals surface area contributed by atoms with E-state index in [1.807, 2.05) is 0 Å². The first-order chi connectivity index (χ1) is 6.02. The van der Waals surface area contributed by atoms with Crippen molar-refractivity contribution < 1.29 is 13.7 Å². The lowest BCUT2D eigenvalue weighted by molar-refractivity contribution is -0.384. The number of nitrogen functional groups attached to an aromatic ring is 1. The second-order valence-electron chi connectivity index (χ2n) is 2.38. The molecular weight excluding hydrogens is 182 g/mol. The molecule has 4 nitrogen and oxygen atoms in total. The van der Waals surface area contributed by atoms with E-state index in [1.165, 1.54) is 0 Å². The van der Waals surface area contributed by atoms with Gasteiger partial charge in [-0.25, -0.2) is 8.78 Å². The van der Waals surface area contributed by atoms with Crippen LogP contribution in [0, 0.1) is 10.1 Å². The van der Waals surface area contributed by atoms with Gasteiger partial charge in [-0.1, -0.05) is 6.07 Å². The van der Waals surface area contributed by atoms with Gasteiger partial charge in [-0.2, -0.15) is 0 Å². The monoisotopic (exact) mass is 188 g/mol. The van der Waals surface area contributed by atoms with Crippen molar-refractivity contribution in [1.82, 2.24) is 0 Å². The molecular formula is C7H6F2N2O2. The van der Waals surface area contributed by atoms with Crippen LogP contribution >= 0.6 is 0 Å². The molecule has 0 heterocycles. The van der Waals surface area contributed by atoms with Gasteiger partial charge in [0.15, 0.2) is 0 Å². The van der Waals surface area contributed by atoms with Crippen LogP contribution in [0.15, 0.2) is 18.2 Å². The van der Waals surface area contributed by atoms with Gasteiger partial charge in [0.05, 0.1) is 4.92 Å². The molecule has 0 fully saturated rings. The number of nitro groups is 1. The second-order valence-corrected chi connectivity index (χ2v) is 2.38. The van der Waals surface area contributed by atoms with Crippen LogP contribution in [0.5, 0.6) is 0 Å². The summed E-state index contributed by atoms with van der Waals surface area (Å²) >= 11 is 0. The molecule has 0 bridgehead atoms. The van der Waals surface area contributed by atoms with Gasteiger partial charge in [0.1, 0.15) is 5.69 Å². The molecule has 6 heteroatoms. The highest BCUT2D eigenvalue weighted by Crippen LogP contribution is 2.27. The highest BCUT2D eigenvalue weighted by Gasteiger charge is 2.15. The number of rotatable bonds is 2. The molecule has 0 aromatic heterocycles. The van der Waals surface area contributed by atoms with Crippen LogP contribution in [-0.2, 0) is 0 Å². The van der Waals surface area contributed by atoms with Crippen molar-refractivity contribution in [3.05, 3.63) is 33.9 Å². The van der Waals surface area contributed by atoms with Crippen LogP contribution in [0.25, 0.3) is 0 Å². The largest absolute Gasteiger partial charge is 0.393 e. The smallest absolute Gasteiger partial charge is 0.292 e. The van der Waals surface area contributed by atoms with Crippen molar-refractivity contribution in [3.63, 3.8) is 0 Å². The normalized spacial score (nSPS) is 10.4. The first-order valence-electron chi connectivity index (χ1n) is 3.34. The number of anilines is 1. The SMILES string of the molecule is Nc1ccc(C(F)F)cc1[N+](=O)[O-]. The Kier molecular flexibility index (Phi) is 2.41. The van der Waals surface area contributed by atoms with Crippen LogP contribution in [0.3, 0.4) is 0 Å². The quantitative estimate of drug-likeness (QED) is 0.439. The molecule has 0 spiro atoms. The summed E-state index contributed by atoms with van der Waals surface area (Å²) in [5.41, 5.74) is 4.20. The van der Waals surface area contributed by atoms with E-state index in [0.29, 0.717) is 0 Å². The van der Waals surface area contributed by atoms with Gasteiger partial charge in [-0.05, 0) is 6.07 Å². The average Bonchev–Trinajstić information content (AvgIpc) is 2.04. The summed E-state index contributed by atoms with van der Waals surface area (Å²) in [6.07, 6.45) is -2.72. The van der Waals surface area contributed by atoms with E-state index in [0.717, 1.165) is 18.2 Å². The van der Waals surface area contributed by atoms with Crippen molar-refractivity contribution >= 4 is 11.4 Å². The lowest BCUT2D eigenvalue weighted by Crippen LogP contribution is -1.97. The summed E-state index contributed by atoms with van der Waals surface area (Å²) < 4.78 is 24.2. The van der Waals surface area contributed by atoms with Gasteiger partial charge in [-0.3, -0.25) is 10.1 Å². The fourth-order valence-electron chi connectivity index (χ4n) is 0.855. The molecule has 0 aliphatic carbocycles. The zero-order chi connectivity index (χ0) is 10.0. The number of halogens is 2. The molecule has 0 aliphatic rings. The molecule has 0 saturated heterocycles. The van der Waals surface area contributed by atoms with Crippen molar-refractivity contribution in [3.8, 4) is 0 Å². The predicted molar refractivity (Wildman–Crippen MR) is 42.5 cm³/mol. The molecule has 13 heavy (non-hydrogen) atoms. The Bertz CT molecular complexity index is 341. The first-order valence-corrected chi connectivity index (χ1v) is 3.34. The average molecular weight is 188 g/mol. The zero-order valence-electron chi connectivity index (χ0n) is 6.41. The fraction of sp³-hybridized carbons (Fsp3) is 0.143. The summed E-state index contributed by atoms with van der Waals surface area (Å²) in [5.74, 6) is 0. The van der Waals surface area contributed by atoms with Gasteiger partial charge in [-0.15, -0.1) is 0 Å². The van der Waals surface area contributed by atoms with E-state index in [-0.39, 0.29) is 5.69 Å². The molecule has 1 rings (SSSR count). The zero-order valence-corrected chi connectivity index (χ0v) is 6.41. The van der Waals surface area contributed by atoms with E-state index in [2.05, 4.69) is 0 Å². The highest BCUT2D eigenvalue weighted by molar-refractivity contribution is 5.59. The van der Waals surface area contributed by atoms with Crippen LogP contribution < -0.4 is 5.73 Å².